The van der Waals surface area contributed by atoms with Crippen LogP contribution in [0.2, 0.25) is 0 Å². The fraction of sp³-hybridized carbons (Fsp3) is 0.412. The molecule has 0 bridgehead atoms. The van der Waals surface area contributed by atoms with Gasteiger partial charge in [0, 0.05) is 56.3 Å². The summed E-state index contributed by atoms with van der Waals surface area (Å²) in [6, 6.07) is 5.64. The molecule has 1 aliphatic heterocycles. The molecule has 126 valence electrons. The van der Waals surface area contributed by atoms with Crippen LogP contribution in [0.4, 0.5) is 5.82 Å². The van der Waals surface area contributed by atoms with Crippen molar-refractivity contribution in [2.45, 2.75) is 25.4 Å². The third-order valence-electron chi connectivity index (χ3n) is 3.88. The van der Waals surface area contributed by atoms with E-state index in [0.29, 0.717) is 25.4 Å². The molecular formula is C17H21N5O2. The lowest BCUT2D eigenvalue weighted by molar-refractivity contribution is -0.129. The van der Waals surface area contributed by atoms with Gasteiger partial charge in [0.1, 0.15) is 11.9 Å². The summed E-state index contributed by atoms with van der Waals surface area (Å²) in [5, 5.41) is 5.96. The maximum Gasteiger partial charge on any atom is 0.249 e. The molecule has 0 spiro atoms. The Morgan fingerprint density at radius 2 is 2.17 bits per heavy atom. The maximum atomic E-state index is 12.0. The number of amides is 1. The highest BCUT2D eigenvalue weighted by atomic mass is 16.5. The first-order valence-corrected chi connectivity index (χ1v) is 8.11. The van der Waals surface area contributed by atoms with E-state index in [-0.39, 0.29) is 12.0 Å². The summed E-state index contributed by atoms with van der Waals surface area (Å²) in [4.78, 5) is 25.0. The molecule has 0 aromatic carbocycles. The second-order valence-corrected chi connectivity index (χ2v) is 5.60. The van der Waals surface area contributed by atoms with Gasteiger partial charge in [-0.25, -0.2) is 9.97 Å². The number of nitrogens with zero attached hydrogens (tertiary/aromatic N) is 3. The Hall–Kier alpha value is -2.54. The fourth-order valence-electron chi connectivity index (χ4n) is 2.60. The van der Waals surface area contributed by atoms with Crippen LogP contribution < -0.4 is 10.6 Å². The van der Waals surface area contributed by atoms with Gasteiger partial charge in [-0.1, -0.05) is 0 Å². The molecule has 7 heteroatoms. The van der Waals surface area contributed by atoms with Crippen molar-refractivity contribution in [3.63, 3.8) is 0 Å². The molecule has 0 saturated carbocycles. The third-order valence-corrected chi connectivity index (χ3v) is 3.88. The van der Waals surface area contributed by atoms with Gasteiger partial charge in [0.2, 0.25) is 5.91 Å². The zero-order valence-corrected chi connectivity index (χ0v) is 13.7. The molecule has 1 amide bonds. The molecule has 7 nitrogen and oxygen atoms in total. The molecule has 1 aliphatic rings. The largest absolute Gasteiger partial charge is 0.373 e. The zero-order chi connectivity index (χ0) is 16.8. The predicted molar refractivity (Wildman–Crippen MR) is 90.5 cm³/mol. The highest BCUT2D eigenvalue weighted by molar-refractivity contribution is 5.80. The smallest absolute Gasteiger partial charge is 0.249 e. The van der Waals surface area contributed by atoms with Crippen LogP contribution in [0.25, 0.3) is 11.4 Å². The summed E-state index contributed by atoms with van der Waals surface area (Å²) in [7, 11) is 1.82. The van der Waals surface area contributed by atoms with Crippen LogP contribution in [0, 0.1) is 0 Å². The summed E-state index contributed by atoms with van der Waals surface area (Å²) in [6.07, 6.45) is 5.52. The summed E-state index contributed by atoms with van der Waals surface area (Å²) >= 11 is 0. The minimum absolute atomic E-state index is 0.0373. The number of hydrogen-bond donors (Lipinski definition) is 2. The Morgan fingerprint density at radius 3 is 2.88 bits per heavy atom. The van der Waals surface area contributed by atoms with Gasteiger partial charge in [0.25, 0.3) is 0 Å². The van der Waals surface area contributed by atoms with E-state index in [0.717, 1.165) is 29.9 Å². The highest BCUT2D eigenvalue weighted by Gasteiger charge is 2.22. The third kappa shape index (κ3) is 4.05. The van der Waals surface area contributed by atoms with Crippen molar-refractivity contribution >= 4 is 11.7 Å². The van der Waals surface area contributed by atoms with E-state index in [9.17, 15) is 4.79 Å². The van der Waals surface area contributed by atoms with Gasteiger partial charge in [-0.2, -0.15) is 0 Å². The van der Waals surface area contributed by atoms with Crippen molar-refractivity contribution in [2.75, 3.05) is 25.5 Å². The van der Waals surface area contributed by atoms with Crippen LogP contribution in [0.3, 0.4) is 0 Å². The van der Waals surface area contributed by atoms with E-state index in [1.807, 2.05) is 25.2 Å². The molecule has 1 atom stereocenters. The number of rotatable bonds is 6. The molecule has 0 aliphatic carbocycles. The zero-order valence-electron chi connectivity index (χ0n) is 13.7. The van der Waals surface area contributed by atoms with Crippen molar-refractivity contribution in [1.82, 2.24) is 20.3 Å². The second-order valence-electron chi connectivity index (χ2n) is 5.60. The Balaban J connectivity index is 1.65. The van der Waals surface area contributed by atoms with Crippen molar-refractivity contribution in [3.05, 3.63) is 36.3 Å². The lowest BCUT2D eigenvalue weighted by atomic mass is 10.2. The number of nitrogens with one attached hydrogen (secondary N) is 2. The summed E-state index contributed by atoms with van der Waals surface area (Å²) < 4.78 is 5.38. The lowest BCUT2D eigenvalue weighted by Crippen LogP contribution is -2.35. The van der Waals surface area contributed by atoms with Crippen molar-refractivity contribution in [1.29, 1.82) is 0 Å². The monoisotopic (exact) mass is 327 g/mol. The van der Waals surface area contributed by atoms with Crippen LogP contribution >= 0.6 is 0 Å². The fourth-order valence-corrected chi connectivity index (χ4v) is 2.60. The number of anilines is 1. The second kappa shape index (κ2) is 7.83. The van der Waals surface area contributed by atoms with E-state index in [2.05, 4.69) is 25.6 Å². The van der Waals surface area contributed by atoms with Gasteiger partial charge in [-0.15, -0.1) is 0 Å². The van der Waals surface area contributed by atoms with Crippen LogP contribution in [-0.2, 0) is 16.0 Å². The first-order chi connectivity index (χ1) is 11.8. The lowest BCUT2D eigenvalue weighted by Gasteiger charge is -2.11. The SMILES string of the molecule is CNc1cc(CCNC(=O)[C@@H]2CCCO2)nc(-c2ccncc2)n1. The first-order valence-electron chi connectivity index (χ1n) is 8.11. The quantitative estimate of drug-likeness (QED) is 0.834. The molecule has 1 fully saturated rings. The maximum absolute atomic E-state index is 12.0. The molecule has 0 radical (unpaired) electrons. The van der Waals surface area contributed by atoms with Gasteiger partial charge < -0.3 is 15.4 Å². The van der Waals surface area contributed by atoms with Gasteiger partial charge in [0.05, 0.1) is 0 Å². The van der Waals surface area contributed by atoms with E-state index >= 15 is 0 Å². The Bertz CT molecular complexity index is 687. The molecule has 1 saturated heterocycles. The van der Waals surface area contributed by atoms with Crippen LogP contribution in [0.5, 0.6) is 0 Å². The molecule has 24 heavy (non-hydrogen) atoms. The molecule has 3 heterocycles. The van der Waals surface area contributed by atoms with Crippen molar-refractivity contribution < 1.29 is 9.53 Å². The standard InChI is InChI=1S/C17H21N5O2/c1-18-15-11-13(6-9-20-17(23)14-3-2-10-24-14)21-16(22-15)12-4-7-19-8-5-12/h4-5,7-8,11,14H,2-3,6,9-10H2,1H3,(H,20,23)(H,18,21,22)/t14-/m0/s1. The van der Waals surface area contributed by atoms with E-state index in [4.69, 9.17) is 4.74 Å². The van der Waals surface area contributed by atoms with Gasteiger partial charge in [0.15, 0.2) is 5.82 Å². The Morgan fingerprint density at radius 1 is 1.33 bits per heavy atom. The minimum atomic E-state index is -0.296. The average Bonchev–Trinajstić information content (AvgIpc) is 3.17. The average molecular weight is 327 g/mol. The number of carbonyl (C=O) groups is 1. The highest BCUT2D eigenvalue weighted by Crippen LogP contribution is 2.17. The van der Waals surface area contributed by atoms with Gasteiger partial charge in [-0.05, 0) is 25.0 Å². The van der Waals surface area contributed by atoms with Crippen molar-refractivity contribution in [2.24, 2.45) is 0 Å². The number of ether oxygens (including phenoxy) is 1. The Kier molecular flexibility index (Phi) is 5.32. The normalized spacial score (nSPS) is 16.8. The molecule has 3 rings (SSSR count). The van der Waals surface area contributed by atoms with Gasteiger partial charge in [-0.3, -0.25) is 9.78 Å². The topological polar surface area (TPSA) is 89.0 Å². The molecular weight excluding hydrogens is 306 g/mol. The van der Waals surface area contributed by atoms with E-state index in [1.165, 1.54) is 0 Å². The number of hydrogen-bond acceptors (Lipinski definition) is 6. The van der Waals surface area contributed by atoms with Crippen LogP contribution in [0.1, 0.15) is 18.5 Å². The molecule has 2 N–H and O–H groups in total. The van der Waals surface area contributed by atoms with Crippen LogP contribution in [-0.4, -0.2) is 47.2 Å². The number of pyridine rings is 1. The molecule has 2 aromatic rings. The molecule has 2 aromatic heterocycles. The van der Waals surface area contributed by atoms with Crippen molar-refractivity contribution in [3.8, 4) is 11.4 Å². The minimum Gasteiger partial charge on any atom is -0.373 e. The number of carbonyl (C=O) groups excluding carboxylic acids is 1. The summed E-state index contributed by atoms with van der Waals surface area (Å²) in [5.41, 5.74) is 1.78. The first kappa shape index (κ1) is 16.3. The van der Waals surface area contributed by atoms with Gasteiger partial charge >= 0.3 is 0 Å². The molecule has 0 unspecified atom stereocenters. The summed E-state index contributed by atoms with van der Waals surface area (Å²) in [6.45, 7) is 1.19. The number of aromatic nitrogens is 3. The van der Waals surface area contributed by atoms with E-state index in [1.54, 1.807) is 12.4 Å². The van der Waals surface area contributed by atoms with Crippen LogP contribution in [0.15, 0.2) is 30.6 Å². The Labute approximate surface area is 140 Å². The summed E-state index contributed by atoms with van der Waals surface area (Å²) in [5.74, 6) is 1.35. The van der Waals surface area contributed by atoms with E-state index < -0.39 is 0 Å². The predicted octanol–water partition coefficient (Wildman–Crippen LogP) is 1.42.